The molecule has 0 aromatic carbocycles. The molecule has 0 bridgehead atoms. The van der Waals surface area contributed by atoms with Crippen LogP contribution in [0.25, 0.3) is 0 Å². The van der Waals surface area contributed by atoms with Gasteiger partial charge in [-0.3, -0.25) is 9.48 Å². The molecule has 0 aliphatic carbocycles. The van der Waals surface area contributed by atoms with E-state index in [2.05, 4.69) is 15.4 Å². The zero-order chi connectivity index (χ0) is 14.7. The summed E-state index contributed by atoms with van der Waals surface area (Å²) in [6.45, 7) is 2.42. The Morgan fingerprint density at radius 3 is 2.90 bits per heavy atom. The van der Waals surface area contributed by atoms with Crippen molar-refractivity contribution in [2.45, 2.75) is 19.9 Å². The van der Waals surface area contributed by atoms with E-state index in [0.29, 0.717) is 12.1 Å². The molecule has 0 fully saturated rings. The van der Waals surface area contributed by atoms with Crippen LogP contribution in [-0.2, 0) is 20.0 Å². The van der Waals surface area contributed by atoms with Gasteiger partial charge in [-0.15, -0.1) is 0 Å². The average molecular weight is 313 g/mol. The molecule has 106 valence electrons. The number of hydrogen-bond donors (Lipinski definition) is 1. The van der Waals surface area contributed by atoms with Crippen molar-refractivity contribution in [2.24, 2.45) is 7.05 Å². The molecule has 2 heterocycles. The molecular formula is C13H14Cl2N4O. The van der Waals surface area contributed by atoms with Crippen LogP contribution in [0.5, 0.6) is 0 Å². The summed E-state index contributed by atoms with van der Waals surface area (Å²) in [6.07, 6.45) is 4.06. The molecule has 20 heavy (non-hydrogen) atoms. The number of hydrogen-bond acceptors (Lipinski definition) is 3. The Labute approximate surface area is 126 Å². The Bertz CT molecular complexity index is 639. The van der Waals surface area contributed by atoms with E-state index in [-0.39, 0.29) is 16.1 Å². The first-order chi connectivity index (χ1) is 9.51. The van der Waals surface area contributed by atoms with E-state index in [9.17, 15) is 4.79 Å². The summed E-state index contributed by atoms with van der Waals surface area (Å²) in [7, 11) is 1.85. The molecule has 2 rings (SSSR count). The van der Waals surface area contributed by atoms with Gasteiger partial charge in [0.2, 0.25) is 0 Å². The van der Waals surface area contributed by atoms with Crippen molar-refractivity contribution in [3.63, 3.8) is 0 Å². The van der Waals surface area contributed by atoms with E-state index in [1.165, 1.54) is 12.3 Å². The number of carbonyl (C=O) groups is 1. The third-order valence-corrected chi connectivity index (χ3v) is 3.34. The maximum Gasteiger partial charge on any atom is 0.253 e. The van der Waals surface area contributed by atoms with Gasteiger partial charge in [0.05, 0.1) is 16.3 Å². The second kappa shape index (κ2) is 6.24. The summed E-state index contributed by atoms with van der Waals surface area (Å²) in [5.41, 5.74) is 2.26. The molecule has 0 unspecified atom stereocenters. The van der Waals surface area contributed by atoms with Crippen LogP contribution in [0.4, 0.5) is 0 Å². The maximum absolute atomic E-state index is 12.1. The van der Waals surface area contributed by atoms with Crippen LogP contribution in [0.3, 0.4) is 0 Å². The van der Waals surface area contributed by atoms with Crippen molar-refractivity contribution >= 4 is 29.1 Å². The first kappa shape index (κ1) is 14.8. The monoisotopic (exact) mass is 312 g/mol. The minimum Gasteiger partial charge on any atom is -0.348 e. The zero-order valence-electron chi connectivity index (χ0n) is 11.2. The first-order valence-corrected chi connectivity index (χ1v) is 6.87. The largest absolute Gasteiger partial charge is 0.348 e. The minimum atomic E-state index is -0.287. The summed E-state index contributed by atoms with van der Waals surface area (Å²) in [4.78, 5) is 15.9. The van der Waals surface area contributed by atoms with Crippen molar-refractivity contribution in [2.75, 3.05) is 0 Å². The molecule has 0 saturated heterocycles. The number of halogens is 2. The van der Waals surface area contributed by atoms with Gasteiger partial charge in [-0.05, 0) is 12.5 Å². The fourth-order valence-corrected chi connectivity index (χ4v) is 2.23. The van der Waals surface area contributed by atoms with Gasteiger partial charge >= 0.3 is 0 Å². The fourth-order valence-electron chi connectivity index (χ4n) is 1.89. The molecule has 5 nitrogen and oxygen atoms in total. The van der Waals surface area contributed by atoms with Crippen LogP contribution < -0.4 is 5.32 Å². The second-order valence-electron chi connectivity index (χ2n) is 4.30. The van der Waals surface area contributed by atoms with E-state index >= 15 is 0 Å². The number of rotatable bonds is 4. The topological polar surface area (TPSA) is 59.8 Å². The molecule has 7 heteroatoms. The maximum atomic E-state index is 12.1. The Kier molecular flexibility index (Phi) is 4.62. The number of aromatic nitrogens is 3. The van der Waals surface area contributed by atoms with Crippen LogP contribution in [0.1, 0.15) is 28.5 Å². The molecule has 0 spiro atoms. The summed E-state index contributed by atoms with van der Waals surface area (Å²) in [6, 6.07) is 1.45. The van der Waals surface area contributed by atoms with E-state index in [1.807, 2.05) is 20.2 Å². The highest BCUT2D eigenvalue weighted by molar-refractivity contribution is 6.35. The smallest absolute Gasteiger partial charge is 0.253 e. The number of nitrogens with one attached hydrogen (secondary N) is 1. The highest BCUT2D eigenvalue weighted by atomic mass is 35.5. The lowest BCUT2D eigenvalue weighted by Gasteiger charge is -2.06. The van der Waals surface area contributed by atoms with Crippen LogP contribution in [-0.4, -0.2) is 20.7 Å². The van der Waals surface area contributed by atoms with Gasteiger partial charge in [0.25, 0.3) is 5.91 Å². The van der Waals surface area contributed by atoms with Gasteiger partial charge in [0, 0.05) is 31.5 Å². The van der Waals surface area contributed by atoms with Crippen molar-refractivity contribution in [1.29, 1.82) is 0 Å². The molecule has 0 aliphatic heterocycles. The number of carbonyl (C=O) groups excluding carboxylic acids is 1. The number of aryl methyl sites for hydroxylation is 2. The Morgan fingerprint density at radius 1 is 1.45 bits per heavy atom. The first-order valence-electron chi connectivity index (χ1n) is 6.12. The third-order valence-electron chi connectivity index (χ3n) is 2.83. The van der Waals surface area contributed by atoms with Gasteiger partial charge in [0.15, 0.2) is 0 Å². The van der Waals surface area contributed by atoms with Gasteiger partial charge in [-0.1, -0.05) is 30.1 Å². The number of pyridine rings is 1. The highest BCUT2D eigenvalue weighted by Crippen LogP contribution is 2.18. The molecule has 0 atom stereocenters. The average Bonchev–Trinajstić information content (AvgIpc) is 2.79. The zero-order valence-corrected chi connectivity index (χ0v) is 12.7. The third kappa shape index (κ3) is 3.29. The predicted molar refractivity (Wildman–Crippen MR) is 78.0 cm³/mol. The van der Waals surface area contributed by atoms with Crippen LogP contribution in [0.2, 0.25) is 10.2 Å². The van der Waals surface area contributed by atoms with E-state index < -0.39 is 0 Å². The Hall–Kier alpha value is -1.59. The van der Waals surface area contributed by atoms with Gasteiger partial charge in [-0.25, -0.2) is 4.98 Å². The number of amides is 1. The quantitative estimate of drug-likeness (QED) is 0.883. The number of nitrogens with zero attached hydrogens (tertiary/aromatic N) is 3. The van der Waals surface area contributed by atoms with Crippen molar-refractivity contribution in [1.82, 2.24) is 20.1 Å². The van der Waals surface area contributed by atoms with Gasteiger partial charge in [-0.2, -0.15) is 5.10 Å². The van der Waals surface area contributed by atoms with Gasteiger partial charge in [0.1, 0.15) is 5.15 Å². The van der Waals surface area contributed by atoms with Crippen LogP contribution in [0, 0.1) is 0 Å². The Morgan fingerprint density at radius 2 is 2.20 bits per heavy atom. The predicted octanol–water partition coefficient (Wildman–Crippen LogP) is 2.61. The lowest BCUT2D eigenvalue weighted by atomic mass is 10.2. The van der Waals surface area contributed by atoms with Crippen LogP contribution in [0.15, 0.2) is 18.5 Å². The lowest BCUT2D eigenvalue weighted by Crippen LogP contribution is -2.23. The molecule has 2 aromatic rings. The summed E-state index contributed by atoms with van der Waals surface area (Å²) in [5.74, 6) is -0.287. The Balaban J connectivity index is 2.10. The highest BCUT2D eigenvalue weighted by Gasteiger charge is 2.13. The van der Waals surface area contributed by atoms with Crippen molar-refractivity contribution < 1.29 is 4.79 Å². The van der Waals surface area contributed by atoms with E-state index in [4.69, 9.17) is 23.2 Å². The SMILES string of the molecule is CCc1nn(C)cc1CNC(=O)c1cc(Cl)ncc1Cl. The standard InChI is InChI=1S/C13H14Cl2N4O/c1-3-11-8(7-19(2)18-11)5-17-13(20)9-4-12(15)16-6-10(9)14/h4,6-7H,3,5H2,1-2H3,(H,17,20). The fraction of sp³-hybridized carbons (Fsp3) is 0.308. The normalized spacial score (nSPS) is 10.6. The molecule has 1 N–H and O–H groups in total. The summed E-state index contributed by atoms with van der Waals surface area (Å²) < 4.78 is 1.73. The molecule has 0 saturated carbocycles. The molecule has 1 amide bonds. The van der Waals surface area contributed by atoms with E-state index in [1.54, 1.807) is 4.68 Å². The minimum absolute atomic E-state index is 0.232. The van der Waals surface area contributed by atoms with Gasteiger partial charge < -0.3 is 5.32 Å². The lowest BCUT2D eigenvalue weighted by molar-refractivity contribution is 0.0951. The van der Waals surface area contributed by atoms with Crippen molar-refractivity contribution in [3.05, 3.63) is 45.5 Å². The molecule has 2 aromatic heterocycles. The second-order valence-corrected chi connectivity index (χ2v) is 5.09. The molecule has 0 aliphatic rings. The molecular weight excluding hydrogens is 299 g/mol. The van der Waals surface area contributed by atoms with E-state index in [0.717, 1.165) is 17.7 Å². The molecule has 0 radical (unpaired) electrons. The summed E-state index contributed by atoms with van der Waals surface area (Å²) in [5, 5.41) is 7.63. The summed E-state index contributed by atoms with van der Waals surface area (Å²) >= 11 is 11.7. The van der Waals surface area contributed by atoms with Crippen LogP contribution >= 0.6 is 23.2 Å². The van der Waals surface area contributed by atoms with Crippen molar-refractivity contribution in [3.8, 4) is 0 Å².